The van der Waals surface area contributed by atoms with E-state index in [4.69, 9.17) is 0 Å². The van der Waals surface area contributed by atoms with Gasteiger partial charge in [-0.05, 0) is 28.8 Å². The summed E-state index contributed by atoms with van der Waals surface area (Å²) in [7, 11) is -1.81. The van der Waals surface area contributed by atoms with E-state index in [0.717, 1.165) is 24.1 Å². The van der Waals surface area contributed by atoms with E-state index in [1.54, 1.807) is 7.05 Å². The molecule has 27 heavy (non-hydrogen) atoms. The molecule has 140 valence electrons. The molecule has 0 aliphatic heterocycles. The van der Waals surface area contributed by atoms with Crippen molar-refractivity contribution in [3.05, 3.63) is 76.3 Å². The zero-order chi connectivity index (χ0) is 19.6. The molecule has 3 aromatic rings. The first-order chi connectivity index (χ1) is 12.8. The Hall–Kier alpha value is -2.93. The minimum Gasteiger partial charge on any atom is -0.373 e. The molecule has 3 aromatic carbocycles. The Bertz CT molecular complexity index is 1100. The van der Waals surface area contributed by atoms with Gasteiger partial charge in [-0.3, -0.25) is 10.1 Å². The van der Waals surface area contributed by atoms with Crippen LogP contribution in [0.4, 0.5) is 11.4 Å². The molecule has 0 radical (unpaired) electrons. The Morgan fingerprint density at radius 1 is 1.04 bits per heavy atom. The number of anilines is 1. The second kappa shape index (κ2) is 7.36. The first kappa shape index (κ1) is 18.8. The quantitative estimate of drug-likeness (QED) is 0.477. The number of rotatable bonds is 6. The molecule has 0 atom stereocenters. The van der Waals surface area contributed by atoms with Crippen LogP contribution in [-0.4, -0.2) is 33.2 Å². The summed E-state index contributed by atoms with van der Waals surface area (Å²) >= 11 is 0. The molecule has 0 aromatic heterocycles. The number of nitrogens with zero attached hydrogens (tertiary/aromatic N) is 2. The zero-order valence-corrected chi connectivity index (χ0v) is 15.9. The van der Waals surface area contributed by atoms with Gasteiger partial charge in [0.25, 0.3) is 5.69 Å². The Balaban J connectivity index is 1.90. The van der Waals surface area contributed by atoms with Crippen molar-refractivity contribution in [2.45, 2.75) is 11.3 Å². The molecule has 0 saturated carbocycles. The van der Waals surface area contributed by atoms with Crippen molar-refractivity contribution < 1.29 is 13.3 Å². The van der Waals surface area contributed by atoms with E-state index in [2.05, 4.69) is 24.3 Å². The van der Waals surface area contributed by atoms with Gasteiger partial charge in [0.1, 0.15) is 0 Å². The van der Waals surface area contributed by atoms with Crippen molar-refractivity contribution in [1.82, 2.24) is 0 Å². The zero-order valence-electron chi connectivity index (χ0n) is 15.1. The molecule has 6 nitrogen and oxygen atoms in total. The van der Waals surface area contributed by atoms with Gasteiger partial charge in [0.2, 0.25) is 0 Å². The van der Waals surface area contributed by atoms with Crippen LogP contribution >= 0.6 is 0 Å². The van der Waals surface area contributed by atoms with Crippen LogP contribution in [-0.2, 0) is 16.3 Å². The van der Waals surface area contributed by atoms with Crippen LogP contribution in [0.1, 0.15) is 5.56 Å². The number of non-ortho nitro benzene ring substituents is 1. The van der Waals surface area contributed by atoms with Crippen LogP contribution < -0.4 is 4.90 Å². The Labute approximate surface area is 158 Å². The molecule has 0 fully saturated rings. The summed E-state index contributed by atoms with van der Waals surface area (Å²) in [6, 6.07) is 18.2. The summed E-state index contributed by atoms with van der Waals surface area (Å²) in [6.45, 7) is 0.578. The highest BCUT2D eigenvalue weighted by atomic mass is 32.2. The summed E-state index contributed by atoms with van der Waals surface area (Å²) in [4.78, 5) is 12.2. The standard InChI is InChI=1S/C20H20N2O4S/c1-21(13-12-16-8-5-7-15-6-3-4-9-18(15)16)19-11-10-17(22(23)24)14-20(19)27(2,25)26/h3-11,14H,12-13H2,1-2H3. The van der Waals surface area contributed by atoms with E-state index in [9.17, 15) is 18.5 Å². The Morgan fingerprint density at radius 2 is 1.74 bits per heavy atom. The Morgan fingerprint density at radius 3 is 2.44 bits per heavy atom. The number of hydrogen-bond acceptors (Lipinski definition) is 5. The highest BCUT2D eigenvalue weighted by molar-refractivity contribution is 7.90. The second-order valence-corrected chi connectivity index (χ2v) is 8.48. The van der Waals surface area contributed by atoms with Gasteiger partial charge in [-0.15, -0.1) is 0 Å². The molecule has 7 heteroatoms. The SMILES string of the molecule is CN(CCc1cccc2ccccc12)c1ccc([N+](=O)[O-])cc1S(C)(=O)=O. The maximum Gasteiger partial charge on any atom is 0.270 e. The lowest BCUT2D eigenvalue weighted by Crippen LogP contribution is -2.22. The van der Waals surface area contributed by atoms with Crippen LogP contribution in [0.2, 0.25) is 0 Å². The number of nitro groups is 1. The second-order valence-electron chi connectivity index (χ2n) is 6.49. The average molecular weight is 384 g/mol. The van der Waals surface area contributed by atoms with E-state index in [1.807, 2.05) is 23.1 Å². The van der Waals surface area contributed by atoms with Crippen LogP contribution in [0.5, 0.6) is 0 Å². The van der Waals surface area contributed by atoms with Crippen molar-refractivity contribution >= 4 is 32.0 Å². The van der Waals surface area contributed by atoms with Crippen molar-refractivity contribution in [2.24, 2.45) is 0 Å². The molecular weight excluding hydrogens is 364 g/mol. The van der Waals surface area contributed by atoms with Gasteiger partial charge < -0.3 is 4.90 Å². The van der Waals surface area contributed by atoms with E-state index >= 15 is 0 Å². The molecule has 0 aliphatic rings. The number of fused-ring (bicyclic) bond motifs is 1. The first-order valence-corrected chi connectivity index (χ1v) is 10.3. The molecule has 3 rings (SSSR count). The van der Waals surface area contributed by atoms with Gasteiger partial charge in [0.15, 0.2) is 9.84 Å². The van der Waals surface area contributed by atoms with Gasteiger partial charge in [-0.2, -0.15) is 0 Å². The number of benzene rings is 3. The van der Waals surface area contributed by atoms with E-state index in [1.165, 1.54) is 23.1 Å². The summed E-state index contributed by atoms with van der Waals surface area (Å²) < 4.78 is 24.3. The number of hydrogen-bond donors (Lipinski definition) is 0. The molecule has 0 saturated heterocycles. The van der Waals surface area contributed by atoms with Crippen LogP contribution in [0.3, 0.4) is 0 Å². The van der Waals surface area contributed by atoms with Gasteiger partial charge in [0, 0.05) is 32.0 Å². The largest absolute Gasteiger partial charge is 0.373 e. The van der Waals surface area contributed by atoms with Crippen molar-refractivity contribution in [3.8, 4) is 0 Å². The van der Waals surface area contributed by atoms with E-state index < -0.39 is 14.8 Å². The summed E-state index contributed by atoms with van der Waals surface area (Å²) in [6.07, 6.45) is 1.78. The summed E-state index contributed by atoms with van der Waals surface area (Å²) in [5.74, 6) is 0. The van der Waals surface area contributed by atoms with E-state index in [-0.39, 0.29) is 10.6 Å². The monoisotopic (exact) mass is 384 g/mol. The van der Waals surface area contributed by atoms with Crippen LogP contribution in [0, 0.1) is 10.1 Å². The molecule has 0 spiro atoms. The maximum atomic E-state index is 12.1. The lowest BCUT2D eigenvalue weighted by atomic mass is 10.0. The predicted octanol–water partition coefficient (Wildman–Crippen LogP) is 3.83. The fourth-order valence-corrected chi connectivity index (χ4v) is 4.09. The molecular formula is C20H20N2O4S. The van der Waals surface area contributed by atoms with Crippen molar-refractivity contribution in [3.63, 3.8) is 0 Å². The average Bonchev–Trinajstić information content (AvgIpc) is 2.64. The minimum atomic E-state index is -3.60. The minimum absolute atomic E-state index is 0.0304. The number of nitro benzene ring substituents is 1. The predicted molar refractivity (Wildman–Crippen MR) is 107 cm³/mol. The molecule has 0 bridgehead atoms. The molecule has 0 aliphatic carbocycles. The lowest BCUT2D eigenvalue weighted by Gasteiger charge is -2.22. The normalized spacial score (nSPS) is 11.5. The van der Waals surface area contributed by atoms with Gasteiger partial charge in [0.05, 0.1) is 15.5 Å². The third-order valence-electron chi connectivity index (χ3n) is 4.56. The lowest BCUT2D eigenvalue weighted by molar-refractivity contribution is -0.385. The third kappa shape index (κ3) is 4.09. The van der Waals surface area contributed by atoms with Crippen molar-refractivity contribution in [1.29, 1.82) is 0 Å². The van der Waals surface area contributed by atoms with Crippen LogP contribution in [0.25, 0.3) is 10.8 Å². The topological polar surface area (TPSA) is 80.5 Å². The van der Waals surface area contributed by atoms with Gasteiger partial charge in [-0.1, -0.05) is 42.5 Å². The summed E-state index contributed by atoms with van der Waals surface area (Å²) in [5.41, 5.74) is 1.40. The van der Waals surface area contributed by atoms with Crippen molar-refractivity contribution in [2.75, 3.05) is 24.7 Å². The first-order valence-electron chi connectivity index (χ1n) is 8.43. The molecule has 0 amide bonds. The maximum absolute atomic E-state index is 12.1. The van der Waals surface area contributed by atoms with Gasteiger partial charge >= 0.3 is 0 Å². The number of sulfone groups is 1. The smallest absolute Gasteiger partial charge is 0.270 e. The fraction of sp³-hybridized carbons (Fsp3) is 0.200. The highest BCUT2D eigenvalue weighted by Crippen LogP contribution is 2.29. The summed E-state index contributed by atoms with van der Waals surface area (Å²) in [5, 5.41) is 13.3. The molecule has 0 heterocycles. The molecule has 0 N–H and O–H groups in total. The highest BCUT2D eigenvalue weighted by Gasteiger charge is 2.20. The molecule has 0 unspecified atom stereocenters. The number of likely N-dealkylation sites (N-methyl/N-ethyl adjacent to an activating group) is 1. The van der Waals surface area contributed by atoms with Gasteiger partial charge in [-0.25, -0.2) is 8.42 Å². The van der Waals surface area contributed by atoms with Crippen LogP contribution in [0.15, 0.2) is 65.6 Å². The third-order valence-corrected chi connectivity index (χ3v) is 5.69. The Kier molecular flexibility index (Phi) is 5.14. The van der Waals surface area contributed by atoms with E-state index in [0.29, 0.717) is 12.2 Å². The fourth-order valence-electron chi connectivity index (χ4n) is 3.15.